The Bertz CT molecular complexity index is 2390. The molecule has 600 valence electrons. The van der Waals surface area contributed by atoms with Crippen molar-refractivity contribution >= 4 is 39.5 Å². The lowest BCUT2D eigenvalue weighted by atomic mass is 10.0. The highest BCUT2D eigenvalue weighted by atomic mass is 31.2. The van der Waals surface area contributed by atoms with E-state index in [1.54, 1.807) is 6.08 Å². The predicted molar refractivity (Wildman–Crippen MR) is 427 cm³/mol. The van der Waals surface area contributed by atoms with Crippen LogP contribution in [0, 0.1) is 0 Å². The van der Waals surface area contributed by atoms with Gasteiger partial charge in [-0.15, -0.1) is 0 Å². The van der Waals surface area contributed by atoms with Crippen molar-refractivity contribution in [1.82, 2.24) is 0 Å². The second-order valence-corrected chi connectivity index (χ2v) is 30.3. The van der Waals surface area contributed by atoms with Gasteiger partial charge in [-0.2, -0.15) is 0 Å². The number of ether oxygens (including phenoxy) is 4. The number of phosphoric acid groups is 2. The molecule has 104 heavy (non-hydrogen) atoms. The molecule has 0 rings (SSSR count). The number of esters is 4. The molecule has 0 bridgehead atoms. The van der Waals surface area contributed by atoms with Gasteiger partial charge in [0.2, 0.25) is 0 Å². The SMILES string of the molecule is CC/C=C\C/C=C\C/C=C\C/C=C\C/C=C\CC(=O)OCC(COP(=O)(O)OCC(O)COP(=O)(O)OCC(COC(=O)CCCCCCCC/C=C\C/C=C\C/C=C\CCCCC)OC(=O)CCCCCCCCCCCCCCCCC)OC(=O)CCCCCCC/C=C\CCCCCCCC. The van der Waals surface area contributed by atoms with Crippen LogP contribution in [0.5, 0.6) is 0 Å². The molecular formula is C85H148O17P2. The Morgan fingerprint density at radius 1 is 0.288 bits per heavy atom. The van der Waals surface area contributed by atoms with E-state index in [9.17, 15) is 43.2 Å². The minimum absolute atomic E-state index is 0.0654. The van der Waals surface area contributed by atoms with E-state index in [1.807, 2.05) is 18.2 Å². The van der Waals surface area contributed by atoms with Gasteiger partial charge in [0, 0.05) is 19.3 Å². The van der Waals surface area contributed by atoms with Crippen LogP contribution >= 0.6 is 15.6 Å². The maximum Gasteiger partial charge on any atom is 0.472 e. The molecule has 0 aliphatic rings. The molecule has 0 aromatic heterocycles. The first-order chi connectivity index (χ1) is 50.7. The lowest BCUT2D eigenvalue weighted by Gasteiger charge is -2.21. The molecule has 3 N–H and O–H groups in total. The molecular weight excluding hydrogens is 1350 g/mol. The molecule has 0 aliphatic heterocycles. The van der Waals surface area contributed by atoms with Crippen molar-refractivity contribution in [2.45, 2.75) is 367 Å². The quantitative estimate of drug-likeness (QED) is 0.0169. The Labute approximate surface area is 632 Å². The van der Waals surface area contributed by atoms with Crippen molar-refractivity contribution < 1.29 is 80.2 Å². The molecule has 0 radical (unpaired) electrons. The molecule has 19 heteroatoms. The van der Waals surface area contributed by atoms with Crippen LogP contribution in [0.3, 0.4) is 0 Å². The lowest BCUT2D eigenvalue weighted by Crippen LogP contribution is -2.30. The monoisotopic (exact) mass is 1500 g/mol. The van der Waals surface area contributed by atoms with Gasteiger partial charge in [0.05, 0.1) is 32.8 Å². The van der Waals surface area contributed by atoms with Crippen molar-refractivity contribution in [3.63, 3.8) is 0 Å². The summed E-state index contributed by atoms with van der Waals surface area (Å²) in [5.41, 5.74) is 0. The molecule has 0 amide bonds. The maximum atomic E-state index is 13.1. The molecule has 0 heterocycles. The number of carbonyl (C=O) groups is 4. The first kappa shape index (κ1) is 99.7. The average Bonchev–Trinajstić information content (AvgIpc) is 0.912. The topological polar surface area (TPSA) is 237 Å². The third kappa shape index (κ3) is 75.9. The van der Waals surface area contributed by atoms with Crippen LogP contribution in [0.15, 0.2) is 109 Å². The number of aliphatic hydroxyl groups excluding tert-OH is 1. The van der Waals surface area contributed by atoms with Gasteiger partial charge < -0.3 is 33.8 Å². The molecule has 0 saturated heterocycles. The second kappa shape index (κ2) is 76.9. The van der Waals surface area contributed by atoms with E-state index in [1.165, 1.54) is 122 Å². The van der Waals surface area contributed by atoms with E-state index in [2.05, 4.69) is 113 Å². The number of phosphoric ester groups is 2. The number of hydrogen-bond donors (Lipinski definition) is 3. The van der Waals surface area contributed by atoms with Crippen LogP contribution < -0.4 is 0 Å². The molecule has 0 saturated carbocycles. The lowest BCUT2D eigenvalue weighted by molar-refractivity contribution is -0.161. The second-order valence-electron chi connectivity index (χ2n) is 27.4. The summed E-state index contributed by atoms with van der Waals surface area (Å²) in [4.78, 5) is 73.0. The van der Waals surface area contributed by atoms with Gasteiger partial charge in [-0.05, 0) is 116 Å². The highest BCUT2D eigenvalue weighted by molar-refractivity contribution is 7.47. The van der Waals surface area contributed by atoms with Crippen molar-refractivity contribution in [3.05, 3.63) is 109 Å². The van der Waals surface area contributed by atoms with Crippen LogP contribution in [0.4, 0.5) is 0 Å². The number of hydrogen-bond acceptors (Lipinski definition) is 15. The molecule has 5 unspecified atom stereocenters. The predicted octanol–water partition coefficient (Wildman–Crippen LogP) is 24.1. The molecule has 17 nitrogen and oxygen atoms in total. The van der Waals surface area contributed by atoms with E-state index >= 15 is 0 Å². The van der Waals surface area contributed by atoms with Gasteiger partial charge in [-0.1, -0.05) is 317 Å². The van der Waals surface area contributed by atoms with Gasteiger partial charge in [0.1, 0.15) is 19.3 Å². The van der Waals surface area contributed by atoms with E-state index in [0.717, 1.165) is 148 Å². The Hall–Kier alpha value is -4.28. The summed E-state index contributed by atoms with van der Waals surface area (Å²) < 4.78 is 68.6. The highest BCUT2D eigenvalue weighted by Crippen LogP contribution is 2.45. The summed E-state index contributed by atoms with van der Waals surface area (Å²) in [5.74, 6) is -2.33. The van der Waals surface area contributed by atoms with Gasteiger partial charge in [0.25, 0.3) is 0 Å². The summed E-state index contributed by atoms with van der Waals surface area (Å²) in [6, 6.07) is 0. The Kier molecular flexibility index (Phi) is 73.7. The number of aliphatic hydroxyl groups is 1. The Morgan fingerprint density at radius 2 is 0.538 bits per heavy atom. The molecule has 0 aliphatic carbocycles. The number of carbonyl (C=O) groups excluding carboxylic acids is 4. The van der Waals surface area contributed by atoms with Crippen molar-refractivity contribution in [1.29, 1.82) is 0 Å². The smallest absolute Gasteiger partial charge is 0.462 e. The Morgan fingerprint density at radius 3 is 0.885 bits per heavy atom. The van der Waals surface area contributed by atoms with Crippen molar-refractivity contribution in [2.24, 2.45) is 0 Å². The van der Waals surface area contributed by atoms with Gasteiger partial charge in [-0.3, -0.25) is 37.3 Å². The number of rotatable bonds is 77. The first-order valence-corrected chi connectivity index (χ1v) is 44.1. The van der Waals surface area contributed by atoms with E-state index in [-0.39, 0.29) is 25.7 Å². The fraction of sp³-hybridized carbons (Fsp3) is 0.741. The fourth-order valence-corrected chi connectivity index (χ4v) is 12.6. The molecule has 0 aromatic carbocycles. The molecule has 0 fully saturated rings. The summed E-state index contributed by atoms with van der Waals surface area (Å²) in [6.07, 6.45) is 83.7. The van der Waals surface area contributed by atoms with Crippen LogP contribution in [-0.4, -0.2) is 96.7 Å². The summed E-state index contributed by atoms with van der Waals surface area (Å²) >= 11 is 0. The zero-order valence-electron chi connectivity index (χ0n) is 65.7. The number of unbranched alkanes of at least 4 members (excludes halogenated alkanes) is 34. The summed E-state index contributed by atoms with van der Waals surface area (Å²) in [6.45, 7) is 4.64. The van der Waals surface area contributed by atoms with Crippen LogP contribution in [0.25, 0.3) is 0 Å². The minimum atomic E-state index is -5.00. The maximum absolute atomic E-state index is 13.1. The van der Waals surface area contributed by atoms with Gasteiger partial charge in [-0.25, -0.2) is 9.13 Å². The average molecular weight is 1500 g/mol. The summed E-state index contributed by atoms with van der Waals surface area (Å²) in [5, 5.41) is 10.6. The standard InChI is InChI=1S/C85H148O17P2/c1-5-9-13-17-21-25-29-33-37-38-39-40-44-46-50-54-58-62-66-70-83(88)96-76-81(102-85(90)72-68-64-60-56-52-48-43-36-32-28-24-20-16-12-8-4)78-100-104(93,94)98-74-79(86)73-97-103(91,92)99-77-80(101-84(89)71-67-63-59-55-51-47-42-35-31-27-23-19-15-11-7-3)75-95-82(87)69-65-61-57-53-49-45-41-34-30-26-22-18-14-10-6-2/h10,14,21-22,25-26,33-35,37,39-42,49,53,61,65,79-81,86H,5-9,11-13,15-20,23-24,27-32,36,38,43-48,50-52,54-60,62-64,66-78H2,1-4H3,(H,91,92)(H,93,94)/b14-10-,25-21-,26-22-,37-33-,40-39-,41-34-,42-35-,53-49-,65-61-. The number of allylic oxidation sites excluding steroid dienone is 17. The normalized spacial score (nSPS) is 14.4. The molecule has 0 spiro atoms. The molecule has 5 atom stereocenters. The third-order valence-electron chi connectivity index (χ3n) is 17.3. The van der Waals surface area contributed by atoms with Crippen LogP contribution in [0.2, 0.25) is 0 Å². The minimum Gasteiger partial charge on any atom is -0.462 e. The first-order valence-electron chi connectivity index (χ1n) is 41.1. The van der Waals surface area contributed by atoms with E-state index < -0.39 is 97.5 Å². The van der Waals surface area contributed by atoms with Crippen LogP contribution in [-0.2, 0) is 65.4 Å². The third-order valence-corrected chi connectivity index (χ3v) is 19.2. The van der Waals surface area contributed by atoms with Gasteiger partial charge in [0.15, 0.2) is 12.2 Å². The highest BCUT2D eigenvalue weighted by Gasteiger charge is 2.30. The van der Waals surface area contributed by atoms with Crippen molar-refractivity contribution in [3.8, 4) is 0 Å². The van der Waals surface area contributed by atoms with Crippen molar-refractivity contribution in [2.75, 3.05) is 39.6 Å². The fourth-order valence-electron chi connectivity index (χ4n) is 11.0. The van der Waals surface area contributed by atoms with Crippen LogP contribution in [0.1, 0.15) is 349 Å². The van der Waals surface area contributed by atoms with E-state index in [0.29, 0.717) is 25.7 Å². The van der Waals surface area contributed by atoms with E-state index in [4.69, 9.17) is 37.0 Å². The zero-order valence-corrected chi connectivity index (χ0v) is 67.5. The summed E-state index contributed by atoms with van der Waals surface area (Å²) in [7, 11) is -9.98. The zero-order chi connectivity index (χ0) is 76.0. The van der Waals surface area contributed by atoms with Gasteiger partial charge >= 0.3 is 39.5 Å². The largest absolute Gasteiger partial charge is 0.472 e. The Balaban J connectivity index is 5.41. The molecule has 0 aromatic rings.